The number of nitrogens with zero attached hydrogens (tertiary/aromatic N) is 1. The molecule has 0 atom stereocenters. The van der Waals surface area contributed by atoms with E-state index in [9.17, 15) is 9.90 Å². The van der Waals surface area contributed by atoms with Gasteiger partial charge in [0.25, 0.3) is 0 Å². The molecule has 0 unspecified atom stereocenters. The summed E-state index contributed by atoms with van der Waals surface area (Å²) in [5, 5.41) is 10.9. The Morgan fingerprint density at radius 3 is 2.63 bits per heavy atom. The number of halogens is 1. The second-order valence-electron chi connectivity index (χ2n) is 5.45. The molecule has 1 aromatic rings. The molecule has 19 heavy (non-hydrogen) atoms. The van der Waals surface area contributed by atoms with Gasteiger partial charge in [0.2, 0.25) is 5.91 Å². The van der Waals surface area contributed by atoms with E-state index in [1.165, 1.54) is 0 Å². The molecule has 1 fully saturated rings. The van der Waals surface area contributed by atoms with Gasteiger partial charge in [0.1, 0.15) is 0 Å². The zero-order valence-corrected chi connectivity index (χ0v) is 12.0. The van der Waals surface area contributed by atoms with Gasteiger partial charge in [-0.15, -0.1) is 0 Å². The van der Waals surface area contributed by atoms with Crippen molar-refractivity contribution in [3.05, 3.63) is 34.9 Å². The van der Waals surface area contributed by atoms with Gasteiger partial charge < -0.3 is 10.0 Å². The van der Waals surface area contributed by atoms with Crippen LogP contribution in [0.2, 0.25) is 5.02 Å². The first-order valence-corrected chi connectivity index (χ1v) is 7.08. The number of aliphatic hydroxyl groups is 1. The van der Waals surface area contributed by atoms with Crippen molar-refractivity contribution in [3.8, 4) is 0 Å². The zero-order chi connectivity index (χ0) is 13.9. The molecule has 0 heterocycles. The fourth-order valence-corrected chi connectivity index (χ4v) is 2.86. The highest BCUT2D eigenvalue weighted by atomic mass is 35.5. The Hall–Kier alpha value is -1.06. The monoisotopic (exact) mass is 281 g/mol. The maximum Gasteiger partial charge on any atom is 0.226 e. The van der Waals surface area contributed by atoms with E-state index in [1.807, 2.05) is 18.2 Å². The van der Waals surface area contributed by atoms with Crippen molar-refractivity contribution in [1.82, 2.24) is 4.90 Å². The highest BCUT2D eigenvalue weighted by molar-refractivity contribution is 6.31. The first-order chi connectivity index (χ1) is 9.00. The van der Waals surface area contributed by atoms with Gasteiger partial charge in [0, 0.05) is 18.6 Å². The summed E-state index contributed by atoms with van der Waals surface area (Å²) in [7, 11) is 1.75. The topological polar surface area (TPSA) is 40.5 Å². The normalized spacial score (nSPS) is 17.4. The van der Waals surface area contributed by atoms with E-state index in [-0.39, 0.29) is 12.3 Å². The molecule has 2 rings (SSSR count). The van der Waals surface area contributed by atoms with Crippen LogP contribution in [0.3, 0.4) is 0 Å². The van der Waals surface area contributed by atoms with E-state index in [1.54, 1.807) is 18.0 Å². The molecular formula is C15H20ClNO2. The lowest BCUT2D eigenvalue weighted by Crippen LogP contribution is -2.42. The largest absolute Gasteiger partial charge is 0.388 e. The van der Waals surface area contributed by atoms with Crippen molar-refractivity contribution in [2.75, 3.05) is 13.6 Å². The van der Waals surface area contributed by atoms with Gasteiger partial charge in [-0.25, -0.2) is 0 Å². The summed E-state index contributed by atoms with van der Waals surface area (Å²) < 4.78 is 0. The molecule has 1 N–H and O–H groups in total. The number of amides is 1. The Balaban J connectivity index is 1.94. The van der Waals surface area contributed by atoms with Gasteiger partial charge in [0.15, 0.2) is 0 Å². The van der Waals surface area contributed by atoms with Crippen LogP contribution in [0.15, 0.2) is 24.3 Å². The SMILES string of the molecule is CN(CC1(O)CCCC1)C(=O)Cc1ccccc1Cl. The molecule has 0 spiro atoms. The van der Waals surface area contributed by atoms with Gasteiger partial charge in [0.05, 0.1) is 12.0 Å². The number of rotatable bonds is 4. The highest BCUT2D eigenvalue weighted by Crippen LogP contribution is 2.30. The number of hydrogen-bond donors (Lipinski definition) is 1. The molecule has 0 aliphatic heterocycles. The van der Waals surface area contributed by atoms with Crippen LogP contribution in [-0.4, -0.2) is 35.1 Å². The number of hydrogen-bond acceptors (Lipinski definition) is 2. The quantitative estimate of drug-likeness (QED) is 0.922. The average Bonchev–Trinajstić information content (AvgIpc) is 2.78. The fourth-order valence-electron chi connectivity index (χ4n) is 2.66. The smallest absolute Gasteiger partial charge is 0.226 e. The molecule has 0 saturated heterocycles. The van der Waals surface area contributed by atoms with Crippen LogP contribution < -0.4 is 0 Å². The minimum Gasteiger partial charge on any atom is -0.388 e. The van der Waals surface area contributed by atoms with E-state index in [2.05, 4.69) is 0 Å². The van der Waals surface area contributed by atoms with E-state index < -0.39 is 5.60 Å². The summed E-state index contributed by atoms with van der Waals surface area (Å²) in [6.45, 7) is 0.413. The second kappa shape index (κ2) is 5.93. The van der Waals surface area contributed by atoms with Gasteiger partial charge in [-0.1, -0.05) is 42.6 Å². The lowest BCUT2D eigenvalue weighted by atomic mass is 10.0. The summed E-state index contributed by atoms with van der Waals surface area (Å²) in [5.41, 5.74) is 0.143. The molecule has 1 aliphatic rings. The first kappa shape index (κ1) is 14.4. The minimum atomic E-state index is -0.690. The number of carbonyl (C=O) groups excluding carboxylic acids is 1. The van der Waals surface area contributed by atoms with Gasteiger partial charge >= 0.3 is 0 Å². The molecule has 0 radical (unpaired) electrons. The summed E-state index contributed by atoms with van der Waals surface area (Å²) in [5.74, 6) is -0.00609. The molecule has 1 amide bonds. The minimum absolute atomic E-state index is 0.00609. The van der Waals surface area contributed by atoms with Crippen molar-refractivity contribution in [2.45, 2.75) is 37.7 Å². The molecule has 104 valence electrons. The van der Waals surface area contributed by atoms with Crippen LogP contribution in [0.5, 0.6) is 0 Å². The predicted molar refractivity (Wildman–Crippen MR) is 76.2 cm³/mol. The predicted octanol–water partition coefficient (Wildman–Crippen LogP) is 2.65. The number of benzene rings is 1. The Morgan fingerprint density at radius 1 is 1.37 bits per heavy atom. The fraction of sp³-hybridized carbons (Fsp3) is 0.533. The van der Waals surface area contributed by atoms with Crippen LogP contribution in [0.1, 0.15) is 31.2 Å². The molecule has 1 saturated carbocycles. The van der Waals surface area contributed by atoms with Crippen LogP contribution >= 0.6 is 11.6 Å². The Bertz CT molecular complexity index is 455. The third-order valence-corrected chi connectivity index (χ3v) is 4.16. The van der Waals surface area contributed by atoms with E-state index >= 15 is 0 Å². The van der Waals surface area contributed by atoms with E-state index in [0.717, 1.165) is 31.2 Å². The third kappa shape index (κ3) is 3.71. The molecule has 0 aromatic heterocycles. The standard InChI is InChI=1S/C15H20ClNO2/c1-17(11-15(19)8-4-5-9-15)14(18)10-12-6-2-3-7-13(12)16/h2-3,6-7,19H,4-5,8-11H2,1H3. The lowest BCUT2D eigenvalue weighted by molar-refractivity contribution is -0.132. The molecule has 1 aliphatic carbocycles. The molecule has 3 nitrogen and oxygen atoms in total. The maximum absolute atomic E-state index is 12.2. The van der Waals surface area contributed by atoms with Crippen molar-refractivity contribution in [2.24, 2.45) is 0 Å². The summed E-state index contributed by atoms with van der Waals surface area (Å²) >= 11 is 6.05. The van der Waals surface area contributed by atoms with Gasteiger partial charge in [-0.3, -0.25) is 4.79 Å². The third-order valence-electron chi connectivity index (χ3n) is 3.79. The summed E-state index contributed by atoms with van der Waals surface area (Å²) in [6, 6.07) is 7.37. The highest BCUT2D eigenvalue weighted by Gasteiger charge is 2.33. The van der Waals surface area contributed by atoms with Crippen molar-refractivity contribution in [1.29, 1.82) is 0 Å². The number of carbonyl (C=O) groups is 1. The average molecular weight is 282 g/mol. The Labute approximate surface area is 119 Å². The molecule has 0 bridgehead atoms. The van der Waals surface area contributed by atoms with E-state index in [0.29, 0.717) is 11.6 Å². The van der Waals surface area contributed by atoms with Gasteiger partial charge in [-0.2, -0.15) is 0 Å². The van der Waals surface area contributed by atoms with Crippen LogP contribution in [0, 0.1) is 0 Å². The lowest BCUT2D eigenvalue weighted by Gasteiger charge is -2.28. The van der Waals surface area contributed by atoms with Crippen LogP contribution in [0.25, 0.3) is 0 Å². The Kier molecular flexibility index (Phi) is 4.48. The molecular weight excluding hydrogens is 262 g/mol. The number of likely N-dealkylation sites (N-methyl/N-ethyl adjacent to an activating group) is 1. The van der Waals surface area contributed by atoms with Crippen LogP contribution in [0.4, 0.5) is 0 Å². The second-order valence-corrected chi connectivity index (χ2v) is 5.86. The first-order valence-electron chi connectivity index (χ1n) is 6.70. The van der Waals surface area contributed by atoms with Gasteiger partial charge in [-0.05, 0) is 24.5 Å². The van der Waals surface area contributed by atoms with E-state index in [4.69, 9.17) is 11.6 Å². The maximum atomic E-state index is 12.2. The van der Waals surface area contributed by atoms with Crippen molar-refractivity contribution in [3.63, 3.8) is 0 Å². The molecule has 4 heteroatoms. The van der Waals surface area contributed by atoms with Crippen LogP contribution in [-0.2, 0) is 11.2 Å². The summed E-state index contributed by atoms with van der Waals surface area (Å²) in [6.07, 6.45) is 3.95. The van der Waals surface area contributed by atoms with Crippen molar-refractivity contribution < 1.29 is 9.90 Å². The molecule has 1 aromatic carbocycles. The zero-order valence-electron chi connectivity index (χ0n) is 11.2. The Morgan fingerprint density at radius 2 is 2.00 bits per heavy atom. The van der Waals surface area contributed by atoms with Crippen molar-refractivity contribution >= 4 is 17.5 Å². The summed E-state index contributed by atoms with van der Waals surface area (Å²) in [4.78, 5) is 13.8.